The molecule has 1 fully saturated rings. The van der Waals surface area contributed by atoms with Gasteiger partial charge in [-0.3, -0.25) is 9.59 Å². The smallest absolute Gasteiger partial charge is 0.274 e. The van der Waals surface area contributed by atoms with Crippen LogP contribution in [0.5, 0.6) is 0 Å². The van der Waals surface area contributed by atoms with Crippen molar-refractivity contribution in [2.24, 2.45) is 13.0 Å². The Kier molecular flexibility index (Phi) is 4.55. The SMILES string of the molecule is Cn1nc(C(=O)N2CCC(Cc3ccccc3)CC2)ccc1=O. The Morgan fingerprint density at radius 1 is 1.13 bits per heavy atom. The zero-order chi connectivity index (χ0) is 16.2. The number of rotatable bonds is 3. The Morgan fingerprint density at radius 2 is 1.83 bits per heavy atom. The molecule has 1 aliphatic rings. The van der Waals surface area contributed by atoms with Crippen molar-refractivity contribution < 1.29 is 4.79 Å². The fourth-order valence-corrected chi connectivity index (χ4v) is 3.07. The van der Waals surface area contributed by atoms with Gasteiger partial charge in [0.1, 0.15) is 5.69 Å². The van der Waals surface area contributed by atoms with Gasteiger partial charge in [0, 0.05) is 26.2 Å². The summed E-state index contributed by atoms with van der Waals surface area (Å²) >= 11 is 0. The summed E-state index contributed by atoms with van der Waals surface area (Å²) in [6, 6.07) is 13.4. The maximum absolute atomic E-state index is 12.5. The van der Waals surface area contributed by atoms with Crippen molar-refractivity contribution in [2.75, 3.05) is 13.1 Å². The van der Waals surface area contributed by atoms with E-state index in [1.165, 1.54) is 22.4 Å². The molecule has 0 bridgehead atoms. The third-order valence-corrected chi connectivity index (χ3v) is 4.45. The fourth-order valence-electron chi connectivity index (χ4n) is 3.07. The van der Waals surface area contributed by atoms with E-state index in [2.05, 4.69) is 29.4 Å². The Hall–Kier alpha value is -2.43. The lowest BCUT2D eigenvalue weighted by Crippen LogP contribution is -2.40. The summed E-state index contributed by atoms with van der Waals surface area (Å²) in [4.78, 5) is 25.7. The minimum absolute atomic E-state index is 0.0845. The van der Waals surface area contributed by atoms with Crippen molar-refractivity contribution in [1.29, 1.82) is 0 Å². The third kappa shape index (κ3) is 3.67. The lowest BCUT2D eigenvalue weighted by Gasteiger charge is -2.31. The molecule has 2 aromatic rings. The highest BCUT2D eigenvalue weighted by molar-refractivity contribution is 5.92. The first kappa shape index (κ1) is 15.5. The zero-order valence-corrected chi connectivity index (χ0v) is 13.3. The topological polar surface area (TPSA) is 55.2 Å². The van der Waals surface area contributed by atoms with Gasteiger partial charge in [0.15, 0.2) is 0 Å². The van der Waals surface area contributed by atoms with Crippen molar-refractivity contribution in [1.82, 2.24) is 14.7 Å². The van der Waals surface area contributed by atoms with E-state index >= 15 is 0 Å². The van der Waals surface area contributed by atoms with E-state index in [1.54, 1.807) is 7.05 Å². The number of carbonyl (C=O) groups excluding carboxylic acids is 1. The molecule has 0 unspecified atom stereocenters. The first-order valence-electron chi connectivity index (χ1n) is 8.01. The molecule has 1 aliphatic heterocycles. The molecule has 2 heterocycles. The average molecular weight is 311 g/mol. The predicted molar refractivity (Wildman–Crippen MR) is 88.3 cm³/mol. The molecule has 1 aromatic carbocycles. The van der Waals surface area contributed by atoms with Gasteiger partial charge in [-0.2, -0.15) is 5.10 Å². The van der Waals surface area contributed by atoms with Crippen LogP contribution in [0, 0.1) is 5.92 Å². The summed E-state index contributed by atoms with van der Waals surface area (Å²) in [6.45, 7) is 1.50. The molecule has 120 valence electrons. The van der Waals surface area contributed by atoms with Gasteiger partial charge in [-0.05, 0) is 36.8 Å². The van der Waals surface area contributed by atoms with Crippen molar-refractivity contribution in [3.63, 3.8) is 0 Å². The van der Waals surface area contributed by atoms with Crippen molar-refractivity contribution in [3.05, 3.63) is 64.1 Å². The Bertz CT molecular complexity index is 731. The van der Waals surface area contributed by atoms with Crippen molar-refractivity contribution in [2.45, 2.75) is 19.3 Å². The maximum Gasteiger partial charge on any atom is 0.274 e. The van der Waals surface area contributed by atoms with Crippen LogP contribution in [0.25, 0.3) is 0 Å². The summed E-state index contributed by atoms with van der Waals surface area (Å²) in [5, 5.41) is 4.05. The molecule has 5 nitrogen and oxygen atoms in total. The second kappa shape index (κ2) is 6.77. The normalized spacial score (nSPS) is 15.6. The molecule has 0 radical (unpaired) electrons. The molecular weight excluding hydrogens is 290 g/mol. The van der Waals surface area contributed by atoms with Crippen LogP contribution in [-0.4, -0.2) is 33.7 Å². The van der Waals surface area contributed by atoms with Gasteiger partial charge >= 0.3 is 0 Å². The van der Waals surface area contributed by atoms with E-state index in [-0.39, 0.29) is 11.5 Å². The number of carbonyl (C=O) groups is 1. The van der Waals surface area contributed by atoms with Gasteiger partial charge in [-0.25, -0.2) is 4.68 Å². The molecule has 0 atom stereocenters. The van der Waals surface area contributed by atoms with Gasteiger partial charge < -0.3 is 4.90 Å². The molecule has 3 rings (SSSR count). The van der Waals surface area contributed by atoms with Crippen LogP contribution < -0.4 is 5.56 Å². The minimum Gasteiger partial charge on any atom is -0.337 e. The highest BCUT2D eigenvalue weighted by Crippen LogP contribution is 2.22. The van der Waals surface area contributed by atoms with E-state index in [0.717, 1.165) is 32.4 Å². The molecule has 0 N–H and O–H groups in total. The summed E-state index contributed by atoms with van der Waals surface area (Å²) in [5.74, 6) is 0.535. The monoisotopic (exact) mass is 311 g/mol. The zero-order valence-electron chi connectivity index (χ0n) is 13.3. The summed E-state index contributed by atoms with van der Waals surface area (Å²) in [6.07, 6.45) is 3.08. The summed E-state index contributed by atoms with van der Waals surface area (Å²) in [7, 11) is 1.56. The Morgan fingerprint density at radius 3 is 2.48 bits per heavy atom. The van der Waals surface area contributed by atoms with Crippen LogP contribution in [-0.2, 0) is 13.5 Å². The fraction of sp³-hybridized carbons (Fsp3) is 0.389. The van der Waals surface area contributed by atoms with Gasteiger partial charge in [0.2, 0.25) is 0 Å². The Balaban J connectivity index is 1.59. The number of hydrogen-bond acceptors (Lipinski definition) is 3. The standard InChI is InChI=1S/C18H21N3O2/c1-20-17(22)8-7-16(19-20)18(23)21-11-9-15(10-12-21)13-14-5-3-2-4-6-14/h2-8,15H,9-13H2,1H3. The van der Waals surface area contributed by atoms with Crippen LogP contribution in [0.4, 0.5) is 0 Å². The maximum atomic E-state index is 12.5. The average Bonchev–Trinajstić information content (AvgIpc) is 2.58. The molecule has 1 amide bonds. The molecule has 23 heavy (non-hydrogen) atoms. The largest absolute Gasteiger partial charge is 0.337 e. The third-order valence-electron chi connectivity index (χ3n) is 4.45. The van der Waals surface area contributed by atoms with E-state index in [9.17, 15) is 9.59 Å². The van der Waals surface area contributed by atoms with E-state index < -0.39 is 0 Å². The van der Waals surface area contributed by atoms with Gasteiger partial charge in [-0.15, -0.1) is 0 Å². The molecule has 0 spiro atoms. The highest BCUT2D eigenvalue weighted by atomic mass is 16.2. The van der Waals surface area contributed by atoms with Gasteiger partial charge in [-0.1, -0.05) is 30.3 Å². The lowest BCUT2D eigenvalue weighted by molar-refractivity contribution is 0.0682. The number of nitrogens with zero attached hydrogens (tertiary/aromatic N) is 3. The second-order valence-corrected chi connectivity index (χ2v) is 6.11. The van der Waals surface area contributed by atoms with E-state index in [1.807, 2.05) is 11.0 Å². The van der Waals surface area contributed by atoms with Crippen LogP contribution in [0.2, 0.25) is 0 Å². The Labute approximate surface area is 135 Å². The number of aryl methyl sites for hydroxylation is 1. The highest BCUT2D eigenvalue weighted by Gasteiger charge is 2.24. The molecule has 0 saturated carbocycles. The molecule has 5 heteroatoms. The van der Waals surface area contributed by atoms with Crippen LogP contribution in [0.15, 0.2) is 47.3 Å². The summed E-state index contributed by atoms with van der Waals surface area (Å²) in [5.41, 5.74) is 1.49. The van der Waals surface area contributed by atoms with Crippen molar-refractivity contribution in [3.8, 4) is 0 Å². The van der Waals surface area contributed by atoms with E-state index in [0.29, 0.717) is 11.6 Å². The van der Waals surface area contributed by atoms with Crippen LogP contribution in [0.3, 0.4) is 0 Å². The molecule has 1 aromatic heterocycles. The van der Waals surface area contributed by atoms with Gasteiger partial charge in [0.25, 0.3) is 11.5 Å². The predicted octanol–water partition coefficient (Wildman–Crippen LogP) is 1.88. The summed E-state index contributed by atoms with van der Waals surface area (Å²) < 4.78 is 1.20. The van der Waals surface area contributed by atoms with Gasteiger partial charge in [0.05, 0.1) is 0 Å². The number of aromatic nitrogens is 2. The first-order valence-corrected chi connectivity index (χ1v) is 8.01. The first-order chi connectivity index (χ1) is 11.1. The molecule has 1 saturated heterocycles. The number of hydrogen-bond donors (Lipinski definition) is 0. The molecular formula is C18H21N3O2. The lowest BCUT2D eigenvalue weighted by atomic mass is 9.90. The minimum atomic E-state index is -0.205. The number of likely N-dealkylation sites (tertiary alicyclic amines) is 1. The van der Waals surface area contributed by atoms with Crippen LogP contribution >= 0.6 is 0 Å². The molecule has 0 aliphatic carbocycles. The number of benzene rings is 1. The number of amides is 1. The number of piperidine rings is 1. The van der Waals surface area contributed by atoms with E-state index in [4.69, 9.17) is 0 Å². The second-order valence-electron chi connectivity index (χ2n) is 6.11. The quantitative estimate of drug-likeness (QED) is 0.869. The van der Waals surface area contributed by atoms with Crippen LogP contribution in [0.1, 0.15) is 28.9 Å². The van der Waals surface area contributed by atoms with Crippen molar-refractivity contribution >= 4 is 5.91 Å².